The number of rotatable bonds is 50. The summed E-state index contributed by atoms with van der Waals surface area (Å²) < 4.78 is 21.4. The van der Waals surface area contributed by atoms with E-state index in [2.05, 4.69) is 44.5 Å². The number of hydrogen-bond acceptors (Lipinski definition) is 13. The lowest BCUT2D eigenvalue weighted by molar-refractivity contribution is -0.143. The van der Waals surface area contributed by atoms with E-state index in [1.165, 1.54) is 64.2 Å². The van der Waals surface area contributed by atoms with E-state index in [4.69, 9.17) is 24.1 Å². The van der Waals surface area contributed by atoms with Gasteiger partial charge < -0.3 is 61.1 Å². The van der Waals surface area contributed by atoms with Crippen molar-refractivity contribution in [1.29, 1.82) is 0 Å². The minimum absolute atomic E-state index is 0.0571. The second kappa shape index (κ2) is 46.6. The first kappa shape index (κ1) is 67.1. The molecule has 0 bridgehead atoms. The molecule has 0 spiro atoms. The zero-order valence-corrected chi connectivity index (χ0v) is 45.0. The highest BCUT2D eigenvalue weighted by Crippen LogP contribution is 2.29. The van der Waals surface area contributed by atoms with E-state index in [0.717, 1.165) is 64.2 Å². The van der Waals surface area contributed by atoms with Crippen molar-refractivity contribution in [3.8, 4) is 0 Å². The van der Waals surface area contributed by atoms with Gasteiger partial charge in [-0.15, -0.1) is 12.6 Å². The molecule has 0 aromatic rings. The monoisotopic (exact) mass is 1060 g/mol. The van der Waals surface area contributed by atoms with Crippen molar-refractivity contribution in [2.45, 2.75) is 185 Å². The zero-order valence-electron chi connectivity index (χ0n) is 44.1. The smallest absolute Gasteiger partial charge is 0.326 e. The lowest BCUT2D eigenvalue weighted by Crippen LogP contribution is -2.45. The van der Waals surface area contributed by atoms with E-state index in [9.17, 15) is 43.5 Å². The van der Waals surface area contributed by atoms with Crippen LogP contribution in [0.2, 0.25) is 0 Å². The second-order valence-corrected chi connectivity index (χ2v) is 19.5. The van der Waals surface area contributed by atoms with Gasteiger partial charge in [0.2, 0.25) is 34.7 Å². The number of amides is 5. The molecule has 8 N–H and O–H groups in total. The fourth-order valence-electron chi connectivity index (χ4n) is 8.41. The predicted octanol–water partition coefficient (Wildman–Crippen LogP) is 4.99. The maximum absolute atomic E-state index is 13.0. The molecular weight excluding hydrogens is 965 g/mol. The molecule has 20 nitrogen and oxygen atoms in total. The van der Waals surface area contributed by atoms with Crippen LogP contribution in [0.15, 0.2) is 0 Å². The van der Waals surface area contributed by atoms with Gasteiger partial charge in [0.25, 0.3) is 0 Å². The third kappa shape index (κ3) is 41.1. The van der Waals surface area contributed by atoms with Crippen molar-refractivity contribution in [3.05, 3.63) is 0 Å². The normalized spacial score (nSPS) is 15.2. The van der Waals surface area contributed by atoms with Crippen LogP contribution < -0.4 is 31.9 Å². The molecule has 422 valence electrons. The van der Waals surface area contributed by atoms with Gasteiger partial charge in [0.1, 0.15) is 19.3 Å². The second-order valence-electron chi connectivity index (χ2n) is 19.1. The Hall–Kier alpha value is -3.89. The van der Waals surface area contributed by atoms with Crippen LogP contribution >= 0.6 is 12.6 Å². The molecule has 0 aromatic heterocycles. The summed E-state index contributed by atoms with van der Waals surface area (Å²) in [7, 11) is 1.71. The maximum atomic E-state index is 13.0. The van der Waals surface area contributed by atoms with E-state index in [1.54, 1.807) is 7.05 Å². The Kier molecular flexibility index (Phi) is 42.9. The SMILES string of the molecule is CN[C@@H](CCCCNC(=O)COCCOCCNC(=O)COCCOCCNC(=O)CC[C@H](NC(=O)C1CCC(CNC(=O)CCCCCCCCCCCCCCCCCCC(=O)O)CC1)C(=O)O)C(=O)S. The number of hydrogen-bond donors (Lipinski definition) is 9. The summed E-state index contributed by atoms with van der Waals surface area (Å²) in [5.41, 5.74) is 0. The first-order valence-corrected chi connectivity index (χ1v) is 27.8. The lowest BCUT2D eigenvalue weighted by Gasteiger charge is -2.28. The molecule has 0 aromatic carbocycles. The molecule has 1 aliphatic rings. The molecule has 0 saturated heterocycles. The summed E-state index contributed by atoms with van der Waals surface area (Å²) in [6.07, 6.45) is 24.3. The van der Waals surface area contributed by atoms with Crippen LogP contribution in [0.1, 0.15) is 173 Å². The Balaban J connectivity index is 1.97. The molecule has 1 saturated carbocycles. The Morgan fingerprint density at radius 2 is 0.932 bits per heavy atom. The molecular formula is C52H94N6O14S. The quantitative estimate of drug-likeness (QED) is 0.0287. The standard InChI is InChI=1S/C52H94N6O14S/c1-53-44(52(68)73)20-18-19-29-54-47(61)39-71-36-35-70-33-31-56-48(62)40-72-37-34-69-32-30-55-46(60)28-27-43(51(66)67)58-50(65)42-25-23-41(24-26-42)38-57-45(59)21-16-14-12-10-8-6-4-2-3-5-7-9-11-13-15-17-22-49(63)64/h41-44,53H,2-40H2,1H3,(H,54,61)(H,55,60)(H,56,62)(H,57,59)(H,58,65)(H,63,64)(H,66,67)(H,68,73)/t41?,42?,43-,44-/m0/s1. The third-order valence-electron chi connectivity index (χ3n) is 12.9. The van der Waals surface area contributed by atoms with Crippen LogP contribution in [0.5, 0.6) is 0 Å². The topological polar surface area (TPSA) is 286 Å². The number of likely N-dealkylation sites (N-methyl/N-ethyl adjacent to an activating group) is 1. The zero-order chi connectivity index (χ0) is 53.6. The van der Waals surface area contributed by atoms with Gasteiger partial charge in [-0.25, -0.2) is 4.79 Å². The number of carboxylic acid groups (broad SMARTS) is 2. The molecule has 0 radical (unpaired) electrons. The maximum Gasteiger partial charge on any atom is 0.326 e. The van der Waals surface area contributed by atoms with Crippen LogP contribution in [-0.4, -0.2) is 155 Å². The fraction of sp³-hybridized carbons (Fsp3) is 0.846. The Morgan fingerprint density at radius 1 is 0.479 bits per heavy atom. The number of carboxylic acids is 2. The molecule has 73 heavy (non-hydrogen) atoms. The van der Waals surface area contributed by atoms with Crippen LogP contribution in [0, 0.1) is 11.8 Å². The van der Waals surface area contributed by atoms with Crippen molar-refractivity contribution in [3.63, 3.8) is 0 Å². The molecule has 2 atom stereocenters. The summed E-state index contributed by atoms with van der Waals surface area (Å²) in [5, 5.41) is 34.9. The fourth-order valence-corrected chi connectivity index (χ4v) is 8.67. The van der Waals surface area contributed by atoms with Gasteiger partial charge in [0.05, 0.1) is 45.7 Å². The Morgan fingerprint density at radius 3 is 1.41 bits per heavy atom. The highest BCUT2D eigenvalue weighted by molar-refractivity contribution is 7.96. The summed E-state index contributed by atoms with van der Waals surface area (Å²) >= 11 is 3.83. The molecule has 0 heterocycles. The summed E-state index contributed by atoms with van der Waals surface area (Å²) in [5.74, 6) is -3.12. The Labute approximate surface area is 440 Å². The van der Waals surface area contributed by atoms with Gasteiger partial charge in [-0.1, -0.05) is 89.9 Å². The number of nitrogens with one attached hydrogen (secondary N) is 6. The largest absolute Gasteiger partial charge is 0.481 e. The predicted molar refractivity (Wildman–Crippen MR) is 281 cm³/mol. The van der Waals surface area contributed by atoms with Crippen molar-refractivity contribution in [2.24, 2.45) is 11.8 Å². The van der Waals surface area contributed by atoms with Crippen LogP contribution in [0.3, 0.4) is 0 Å². The molecule has 0 aliphatic heterocycles. The van der Waals surface area contributed by atoms with Gasteiger partial charge in [-0.3, -0.25) is 33.6 Å². The van der Waals surface area contributed by atoms with Crippen molar-refractivity contribution >= 4 is 59.2 Å². The average Bonchev–Trinajstić information content (AvgIpc) is 3.36. The van der Waals surface area contributed by atoms with Gasteiger partial charge in [-0.2, -0.15) is 0 Å². The Bertz CT molecular complexity index is 1520. The number of ether oxygens (including phenoxy) is 4. The van der Waals surface area contributed by atoms with E-state index in [0.29, 0.717) is 45.2 Å². The lowest BCUT2D eigenvalue weighted by atomic mass is 9.81. The summed E-state index contributed by atoms with van der Waals surface area (Å²) in [4.78, 5) is 95.4. The van der Waals surface area contributed by atoms with Crippen LogP contribution in [0.25, 0.3) is 0 Å². The average molecular weight is 1060 g/mol. The molecule has 1 aliphatic carbocycles. The van der Waals surface area contributed by atoms with Gasteiger partial charge >= 0.3 is 11.9 Å². The highest BCUT2D eigenvalue weighted by atomic mass is 32.1. The minimum Gasteiger partial charge on any atom is -0.481 e. The van der Waals surface area contributed by atoms with Crippen LogP contribution in [0.4, 0.5) is 0 Å². The highest BCUT2D eigenvalue weighted by Gasteiger charge is 2.30. The van der Waals surface area contributed by atoms with Gasteiger partial charge in [0.15, 0.2) is 0 Å². The van der Waals surface area contributed by atoms with E-state index < -0.39 is 18.0 Å². The first-order valence-electron chi connectivity index (χ1n) is 27.3. The first-order chi connectivity index (χ1) is 35.3. The number of unbranched alkanes of at least 4 members (excludes halogenated alkanes) is 16. The molecule has 21 heteroatoms. The molecule has 1 fully saturated rings. The van der Waals surface area contributed by atoms with Crippen molar-refractivity contribution < 1.29 is 67.5 Å². The third-order valence-corrected chi connectivity index (χ3v) is 13.2. The molecule has 1 rings (SSSR count). The molecule has 0 unspecified atom stereocenters. The van der Waals surface area contributed by atoms with Gasteiger partial charge in [0, 0.05) is 51.4 Å². The summed E-state index contributed by atoms with van der Waals surface area (Å²) in [6, 6.07) is -1.48. The van der Waals surface area contributed by atoms with E-state index >= 15 is 0 Å². The van der Waals surface area contributed by atoms with E-state index in [-0.39, 0.29) is 131 Å². The number of carbonyl (C=O) groups excluding carboxylic acids is 6. The number of thiol groups is 1. The molecule has 5 amide bonds. The van der Waals surface area contributed by atoms with Crippen LogP contribution in [-0.2, 0) is 57.3 Å². The van der Waals surface area contributed by atoms with Crippen molar-refractivity contribution in [1.82, 2.24) is 31.9 Å². The van der Waals surface area contributed by atoms with Crippen molar-refractivity contribution in [2.75, 3.05) is 86.1 Å². The number of aliphatic carboxylic acids is 2. The minimum atomic E-state index is -1.20. The van der Waals surface area contributed by atoms with Gasteiger partial charge in [-0.05, 0) is 77.2 Å². The number of carbonyl (C=O) groups is 8. The summed E-state index contributed by atoms with van der Waals surface area (Å²) in [6.45, 7) is 2.52. The van der Waals surface area contributed by atoms with E-state index in [1.807, 2.05) is 0 Å².